The highest BCUT2D eigenvalue weighted by molar-refractivity contribution is 7.13. The topological polar surface area (TPSA) is 87.2 Å². The number of carbonyl (C=O) groups is 2. The number of fused-ring (bicyclic) bond motifs is 2. The molecule has 0 unspecified atom stereocenters. The Kier molecular flexibility index (Phi) is 5.92. The van der Waals surface area contributed by atoms with Crippen molar-refractivity contribution < 1.29 is 9.59 Å². The van der Waals surface area contributed by atoms with E-state index in [1.54, 1.807) is 40.6 Å². The SMILES string of the molecule is O=C(Nc1ccc(C(=O)N2Cc3ccccc3Nc3ncccc32)cn1)c1ccccc1-c1cccs1. The van der Waals surface area contributed by atoms with Crippen LogP contribution >= 0.6 is 11.3 Å². The molecule has 8 heteroatoms. The van der Waals surface area contributed by atoms with Crippen LogP contribution in [0.3, 0.4) is 0 Å². The molecule has 0 fully saturated rings. The number of nitrogens with one attached hydrogen (secondary N) is 2. The maximum absolute atomic E-state index is 13.6. The molecule has 37 heavy (non-hydrogen) atoms. The highest BCUT2D eigenvalue weighted by Crippen LogP contribution is 2.35. The molecule has 1 aliphatic heterocycles. The van der Waals surface area contributed by atoms with E-state index in [1.807, 2.05) is 72.1 Å². The number of aromatic nitrogens is 2. The van der Waals surface area contributed by atoms with Gasteiger partial charge in [-0.15, -0.1) is 11.3 Å². The first kappa shape index (κ1) is 22.6. The lowest BCUT2D eigenvalue weighted by molar-refractivity contribution is 0.0984. The van der Waals surface area contributed by atoms with E-state index in [9.17, 15) is 9.59 Å². The van der Waals surface area contributed by atoms with Crippen LogP contribution in [0.25, 0.3) is 10.4 Å². The molecule has 180 valence electrons. The summed E-state index contributed by atoms with van der Waals surface area (Å²) in [5.41, 5.74) is 4.42. The number of amides is 2. The molecular formula is C29H21N5O2S. The second-order valence-electron chi connectivity index (χ2n) is 8.45. The van der Waals surface area contributed by atoms with Crippen molar-refractivity contribution in [2.75, 3.05) is 15.5 Å². The molecule has 0 aliphatic carbocycles. The maximum atomic E-state index is 13.6. The fraction of sp³-hybridized carbons (Fsp3) is 0.0345. The van der Waals surface area contributed by atoms with Crippen LogP contribution in [0.5, 0.6) is 0 Å². The molecule has 5 aromatic rings. The molecule has 3 aromatic heterocycles. The highest BCUT2D eigenvalue weighted by atomic mass is 32.1. The van der Waals surface area contributed by atoms with Gasteiger partial charge in [-0.3, -0.25) is 9.59 Å². The second-order valence-corrected chi connectivity index (χ2v) is 9.40. The fourth-order valence-electron chi connectivity index (χ4n) is 4.32. The number of nitrogens with zero attached hydrogens (tertiary/aromatic N) is 3. The molecule has 0 radical (unpaired) electrons. The Labute approximate surface area is 217 Å². The van der Waals surface area contributed by atoms with Crippen LogP contribution in [-0.4, -0.2) is 21.8 Å². The lowest BCUT2D eigenvalue weighted by Crippen LogP contribution is -2.30. The number of hydrogen-bond donors (Lipinski definition) is 2. The number of para-hydroxylation sites is 1. The van der Waals surface area contributed by atoms with Gasteiger partial charge in [0.15, 0.2) is 5.82 Å². The molecular weight excluding hydrogens is 482 g/mol. The zero-order chi connectivity index (χ0) is 25.2. The summed E-state index contributed by atoms with van der Waals surface area (Å²) in [4.78, 5) is 38.2. The molecule has 0 saturated heterocycles. The molecule has 6 rings (SSSR count). The number of thiophene rings is 1. The maximum Gasteiger partial charge on any atom is 0.260 e. The van der Waals surface area contributed by atoms with Gasteiger partial charge in [-0.2, -0.15) is 0 Å². The average Bonchev–Trinajstić information content (AvgIpc) is 3.42. The summed E-state index contributed by atoms with van der Waals surface area (Å²) in [7, 11) is 0. The third-order valence-electron chi connectivity index (χ3n) is 6.13. The van der Waals surface area contributed by atoms with E-state index in [-0.39, 0.29) is 11.8 Å². The van der Waals surface area contributed by atoms with Crippen molar-refractivity contribution in [3.63, 3.8) is 0 Å². The van der Waals surface area contributed by atoms with Gasteiger partial charge < -0.3 is 15.5 Å². The van der Waals surface area contributed by atoms with Crippen molar-refractivity contribution >= 4 is 46.2 Å². The average molecular weight is 504 g/mol. The molecule has 2 amide bonds. The predicted octanol–water partition coefficient (Wildman–Crippen LogP) is 6.36. The summed E-state index contributed by atoms with van der Waals surface area (Å²) in [6.07, 6.45) is 3.18. The zero-order valence-electron chi connectivity index (χ0n) is 19.6. The number of pyridine rings is 2. The third kappa shape index (κ3) is 4.46. The van der Waals surface area contributed by atoms with E-state index in [1.165, 1.54) is 6.20 Å². The lowest BCUT2D eigenvalue weighted by Gasteiger charge is -2.22. The van der Waals surface area contributed by atoms with Gasteiger partial charge in [0.25, 0.3) is 11.8 Å². The smallest absolute Gasteiger partial charge is 0.260 e. The highest BCUT2D eigenvalue weighted by Gasteiger charge is 2.26. The largest absolute Gasteiger partial charge is 0.338 e. The Morgan fingerprint density at radius 3 is 2.59 bits per heavy atom. The zero-order valence-corrected chi connectivity index (χ0v) is 20.4. The first-order valence-electron chi connectivity index (χ1n) is 11.7. The third-order valence-corrected chi connectivity index (χ3v) is 7.03. The summed E-state index contributed by atoms with van der Waals surface area (Å²) >= 11 is 1.58. The lowest BCUT2D eigenvalue weighted by atomic mass is 10.1. The van der Waals surface area contributed by atoms with E-state index >= 15 is 0 Å². The van der Waals surface area contributed by atoms with Crippen LogP contribution < -0.4 is 15.5 Å². The number of anilines is 4. The van der Waals surface area contributed by atoms with Gasteiger partial charge in [0, 0.05) is 34.1 Å². The normalized spacial score (nSPS) is 12.1. The van der Waals surface area contributed by atoms with E-state index < -0.39 is 0 Å². The summed E-state index contributed by atoms with van der Waals surface area (Å²) in [6, 6.07) is 26.3. The minimum Gasteiger partial charge on any atom is -0.338 e. The van der Waals surface area contributed by atoms with Crippen molar-refractivity contribution in [1.82, 2.24) is 9.97 Å². The van der Waals surface area contributed by atoms with Crippen molar-refractivity contribution in [3.05, 3.63) is 119 Å². The number of carbonyl (C=O) groups excluding carboxylic acids is 2. The van der Waals surface area contributed by atoms with E-state index in [2.05, 4.69) is 20.6 Å². The molecule has 0 saturated carbocycles. The molecule has 7 nitrogen and oxygen atoms in total. The summed E-state index contributed by atoms with van der Waals surface area (Å²) in [6.45, 7) is 0.388. The van der Waals surface area contributed by atoms with Gasteiger partial charge in [0.1, 0.15) is 5.82 Å². The standard InChI is InChI=1S/C29H21N5O2S/c35-28(22-9-3-2-8-21(22)25-12-6-16-37-25)33-26-14-13-19(17-31-26)29(36)34-18-20-7-1-4-10-23(20)32-27-24(34)11-5-15-30-27/h1-17H,18H2,(H,30,32)(H,31,33,35). The fourth-order valence-corrected chi connectivity index (χ4v) is 5.08. The number of benzene rings is 2. The molecule has 2 N–H and O–H groups in total. The van der Waals surface area contributed by atoms with Crippen LogP contribution in [0.4, 0.5) is 23.0 Å². The van der Waals surface area contributed by atoms with E-state index in [0.717, 1.165) is 21.7 Å². The Hall–Kier alpha value is -4.82. The molecule has 1 aliphatic rings. The van der Waals surface area contributed by atoms with Crippen molar-refractivity contribution in [2.45, 2.75) is 6.54 Å². The Bertz CT molecular complexity index is 1600. The number of rotatable bonds is 4. The van der Waals surface area contributed by atoms with Crippen LogP contribution in [-0.2, 0) is 6.54 Å². The van der Waals surface area contributed by atoms with Crippen LogP contribution in [0.2, 0.25) is 0 Å². The van der Waals surface area contributed by atoms with E-state index in [4.69, 9.17) is 0 Å². The molecule has 2 aromatic carbocycles. The predicted molar refractivity (Wildman–Crippen MR) is 146 cm³/mol. The van der Waals surface area contributed by atoms with Gasteiger partial charge in [-0.25, -0.2) is 9.97 Å². The number of hydrogen-bond acceptors (Lipinski definition) is 6. The first-order valence-corrected chi connectivity index (χ1v) is 12.6. The van der Waals surface area contributed by atoms with Gasteiger partial charge in [0.2, 0.25) is 0 Å². The quantitative estimate of drug-likeness (QED) is 0.298. The Morgan fingerprint density at radius 1 is 0.892 bits per heavy atom. The van der Waals surface area contributed by atoms with Gasteiger partial charge in [-0.1, -0.05) is 42.5 Å². The molecule has 4 heterocycles. The van der Waals surface area contributed by atoms with Crippen molar-refractivity contribution in [2.24, 2.45) is 0 Å². The van der Waals surface area contributed by atoms with E-state index in [0.29, 0.717) is 35.0 Å². The minimum atomic E-state index is -0.259. The van der Waals surface area contributed by atoms with Gasteiger partial charge in [0.05, 0.1) is 17.8 Å². The van der Waals surface area contributed by atoms with Crippen LogP contribution in [0.15, 0.2) is 103 Å². The summed E-state index contributed by atoms with van der Waals surface area (Å²) in [5, 5.41) is 8.17. The van der Waals surface area contributed by atoms with Crippen molar-refractivity contribution in [3.8, 4) is 10.4 Å². The van der Waals surface area contributed by atoms with Crippen molar-refractivity contribution in [1.29, 1.82) is 0 Å². The monoisotopic (exact) mass is 503 g/mol. The first-order chi connectivity index (χ1) is 18.2. The Balaban J connectivity index is 1.24. The van der Waals surface area contributed by atoms with Crippen LogP contribution in [0.1, 0.15) is 26.3 Å². The summed E-state index contributed by atoms with van der Waals surface area (Å²) in [5.74, 6) is 0.515. The molecule has 0 spiro atoms. The van der Waals surface area contributed by atoms with Crippen LogP contribution in [0, 0.1) is 0 Å². The van der Waals surface area contributed by atoms with Gasteiger partial charge in [-0.05, 0) is 53.4 Å². The minimum absolute atomic E-state index is 0.207. The summed E-state index contributed by atoms with van der Waals surface area (Å²) < 4.78 is 0. The van der Waals surface area contributed by atoms with Gasteiger partial charge >= 0.3 is 0 Å². The Morgan fingerprint density at radius 2 is 1.76 bits per heavy atom. The second kappa shape index (κ2) is 9.67. The molecule has 0 bridgehead atoms. The molecule has 0 atom stereocenters.